The number of hydrazone groups is 1. The zero-order valence-electron chi connectivity index (χ0n) is 16.2. The number of pyridine rings is 2. The van der Waals surface area contributed by atoms with Crippen molar-refractivity contribution in [1.82, 2.24) is 15.3 Å². The molecule has 10 heteroatoms. The molecule has 0 spiro atoms. The van der Waals surface area contributed by atoms with E-state index >= 15 is 0 Å². The highest BCUT2D eigenvalue weighted by atomic mass is 19.2. The van der Waals surface area contributed by atoms with Gasteiger partial charge in [-0.05, 0) is 35.4 Å². The fraction of sp³-hybridized carbons (Fsp3) is 0.0952. The van der Waals surface area contributed by atoms with E-state index in [4.69, 9.17) is 5.73 Å². The number of nitrogens with zero attached hydrogens (tertiary/aromatic N) is 5. The van der Waals surface area contributed by atoms with Gasteiger partial charge in [0.15, 0.2) is 23.2 Å². The quantitative estimate of drug-likeness (QED) is 0.509. The van der Waals surface area contributed by atoms with Crippen LogP contribution < -0.4 is 16.5 Å². The summed E-state index contributed by atoms with van der Waals surface area (Å²) in [5.41, 5.74) is 11.5. The van der Waals surface area contributed by atoms with Gasteiger partial charge in [-0.2, -0.15) is 5.10 Å². The van der Waals surface area contributed by atoms with E-state index in [0.29, 0.717) is 11.4 Å². The summed E-state index contributed by atoms with van der Waals surface area (Å²) in [7, 11) is 0. The van der Waals surface area contributed by atoms with Crippen LogP contribution in [0.3, 0.4) is 0 Å². The van der Waals surface area contributed by atoms with Crippen LogP contribution in [0.2, 0.25) is 0 Å². The Balaban J connectivity index is 1.51. The van der Waals surface area contributed by atoms with Crippen molar-refractivity contribution in [3.05, 3.63) is 90.0 Å². The first kappa shape index (κ1) is 20.2. The van der Waals surface area contributed by atoms with E-state index < -0.39 is 11.6 Å². The predicted molar refractivity (Wildman–Crippen MR) is 115 cm³/mol. The lowest BCUT2D eigenvalue weighted by molar-refractivity contribution is 0.509. The van der Waals surface area contributed by atoms with Gasteiger partial charge >= 0.3 is 0 Å². The van der Waals surface area contributed by atoms with E-state index in [1.165, 1.54) is 6.07 Å². The molecule has 0 saturated carbocycles. The Hall–Kier alpha value is -4.05. The molecule has 4 rings (SSSR count). The Morgan fingerprint density at radius 2 is 1.65 bits per heavy atom. The highest BCUT2D eigenvalue weighted by molar-refractivity contribution is 6.69. The van der Waals surface area contributed by atoms with E-state index in [9.17, 15) is 8.78 Å². The van der Waals surface area contributed by atoms with Crippen LogP contribution in [0.4, 0.5) is 14.5 Å². The van der Waals surface area contributed by atoms with E-state index in [1.807, 2.05) is 24.3 Å². The summed E-state index contributed by atoms with van der Waals surface area (Å²) in [6.45, 7) is 0.289. The first-order chi connectivity index (χ1) is 15.1. The monoisotopic (exact) mass is 420 g/mol. The molecule has 3 aromatic rings. The maximum atomic E-state index is 13.4. The maximum Gasteiger partial charge on any atom is 0.175 e. The molecule has 8 nitrogen and oxygen atoms in total. The molecule has 0 aliphatic carbocycles. The molecule has 0 fully saturated rings. The number of rotatable bonds is 7. The lowest BCUT2D eigenvalue weighted by Gasteiger charge is -2.19. The highest BCUT2D eigenvalue weighted by Crippen LogP contribution is 2.20. The fourth-order valence-electron chi connectivity index (χ4n) is 3.00. The van der Waals surface area contributed by atoms with Crippen molar-refractivity contribution in [3.8, 4) is 0 Å². The second-order valence-electron chi connectivity index (χ2n) is 6.62. The van der Waals surface area contributed by atoms with Crippen LogP contribution in [0.25, 0.3) is 0 Å². The van der Waals surface area contributed by atoms with Crippen LogP contribution >= 0.6 is 0 Å². The summed E-state index contributed by atoms with van der Waals surface area (Å²) >= 11 is 0. The van der Waals surface area contributed by atoms with E-state index in [1.54, 1.807) is 24.8 Å². The second-order valence-corrected chi connectivity index (χ2v) is 6.62. The third-order valence-corrected chi connectivity index (χ3v) is 4.52. The van der Waals surface area contributed by atoms with Gasteiger partial charge in [0, 0.05) is 37.4 Å². The van der Waals surface area contributed by atoms with Crippen LogP contribution in [0.5, 0.6) is 0 Å². The van der Waals surface area contributed by atoms with Crippen molar-refractivity contribution < 1.29 is 8.78 Å². The number of halogens is 2. The normalized spacial score (nSPS) is 14.6. The number of nitrogens with one attached hydrogen (secondary N) is 2. The first-order valence-electron chi connectivity index (χ1n) is 9.34. The molecule has 156 valence electrons. The molecule has 0 atom stereocenters. The van der Waals surface area contributed by atoms with Crippen molar-refractivity contribution in [3.63, 3.8) is 0 Å². The molecule has 0 amide bonds. The number of nitrogens with two attached hydrogens (primary N) is 1. The Labute approximate surface area is 176 Å². The zero-order chi connectivity index (χ0) is 21.6. The number of aromatic nitrogens is 2. The van der Waals surface area contributed by atoms with E-state index in [0.717, 1.165) is 23.3 Å². The molecule has 1 aromatic carbocycles. The van der Waals surface area contributed by atoms with Crippen molar-refractivity contribution in [2.45, 2.75) is 6.04 Å². The van der Waals surface area contributed by atoms with Gasteiger partial charge in [-0.25, -0.2) is 8.78 Å². The maximum absolute atomic E-state index is 13.4. The third-order valence-electron chi connectivity index (χ3n) is 4.52. The number of anilines is 1. The largest absolute Gasteiger partial charge is 0.380 e. The third kappa shape index (κ3) is 4.75. The molecule has 0 saturated heterocycles. The van der Waals surface area contributed by atoms with Gasteiger partial charge in [0.2, 0.25) is 0 Å². The topological polar surface area (TPSA) is 113 Å². The van der Waals surface area contributed by atoms with Crippen LogP contribution in [0.15, 0.2) is 82.6 Å². The SMILES string of the molecule is NC1=NN=C(CNC(c2cccnc2)c2cccnc2)/C1=N\Nc1ccc(F)c(F)c1. The number of amidine groups is 1. The molecule has 3 heterocycles. The van der Waals surface area contributed by atoms with Crippen molar-refractivity contribution >= 4 is 22.9 Å². The summed E-state index contributed by atoms with van der Waals surface area (Å²) in [5.74, 6) is -1.81. The summed E-state index contributed by atoms with van der Waals surface area (Å²) < 4.78 is 26.5. The van der Waals surface area contributed by atoms with E-state index in [-0.39, 0.29) is 24.1 Å². The summed E-state index contributed by atoms with van der Waals surface area (Å²) in [5, 5.41) is 15.5. The molecule has 2 aromatic heterocycles. The minimum atomic E-state index is -0.982. The molecule has 1 aliphatic heterocycles. The van der Waals surface area contributed by atoms with Gasteiger partial charge < -0.3 is 11.1 Å². The Kier molecular flexibility index (Phi) is 5.99. The van der Waals surface area contributed by atoms with Gasteiger partial charge in [-0.3, -0.25) is 15.4 Å². The Bertz CT molecular complexity index is 1110. The first-order valence-corrected chi connectivity index (χ1v) is 9.34. The Morgan fingerprint density at radius 1 is 0.935 bits per heavy atom. The molecular formula is C21H18F2N8. The number of benzene rings is 1. The van der Waals surface area contributed by atoms with Crippen LogP contribution in [0.1, 0.15) is 17.2 Å². The van der Waals surface area contributed by atoms with Gasteiger partial charge in [-0.15, -0.1) is 10.2 Å². The molecule has 31 heavy (non-hydrogen) atoms. The molecule has 1 aliphatic rings. The second kappa shape index (κ2) is 9.18. The van der Waals surface area contributed by atoms with Gasteiger partial charge in [-0.1, -0.05) is 12.1 Å². The van der Waals surface area contributed by atoms with Gasteiger partial charge in [0.05, 0.1) is 11.7 Å². The fourth-order valence-corrected chi connectivity index (χ4v) is 3.00. The molecule has 0 unspecified atom stereocenters. The average Bonchev–Trinajstić information content (AvgIpc) is 3.15. The lowest BCUT2D eigenvalue weighted by atomic mass is 10.0. The van der Waals surface area contributed by atoms with Crippen LogP contribution in [-0.2, 0) is 0 Å². The molecule has 0 radical (unpaired) electrons. The number of hydrogen-bond donors (Lipinski definition) is 3. The molecule has 0 bridgehead atoms. The molecular weight excluding hydrogens is 402 g/mol. The minimum absolute atomic E-state index is 0.117. The zero-order valence-corrected chi connectivity index (χ0v) is 16.2. The van der Waals surface area contributed by atoms with Crippen LogP contribution in [-0.4, -0.2) is 33.8 Å². The average molecular weight is 420 g/mol. The summed E-state index contributed by atoms with van der Waals surface area (Å²) in [6.07, 6.45) is 6.94. The predicted octanol–water partition coefficient (Wildman–Crippen LogP) is 2.63. The van der Waals surface area contributed by atoms with Crippen molar-refractivity contribution in [2.75, 3.05) is 12.0 Å². The lowest BCUT2D eigenvalue weighted by Crippen LogP contribution is -2.36. The Morgan fingerprint density at radius 3 is 2.26 bits per heavy atom. The van der Waals surface area contributed by atoms with Crippen molar-refractivity contribution in [2.24, 2.45) is 21.0 Å². The van der Waals surface area contributed by atoms with E-state index in [2.05, 4.69) is 36.0 Å². The summed E-state index contributed by atoms with van der Waals surface area (Å²) in [6, 6.07) is 10.8. The molecule has 4 N–H and O–H groups in total. The smallest absolute Gasteiger partial charge is 0.175 e. The highest BCUT2D eigenvalue weighted by Gasteiger charge is 2.22. The van der Waals surface area contributed by atoms with Crippen molar-refractivity contribution in [1.29, 1.82) is 0 Å². The van der Waals surface area contributed by atoms with Gasteiger partial charge in [0.1, 0.15) is 5.71 Å². The minimum Gasteiger partial charge on any atom is -0.380 e. The standard InChI is InChI=1S/C21H18F2N8/c22-16-6-5-15(9-17(16)23)28-30-20-18(29-31-21(20)24)12-27-19(13-3-1-7-25-10-13)14-4-2-8-26-11-14/h1-11,19,27-28H,12H2,(H2,24,30,31). The van der Waals surface area contributed by atoms with Gasteiger partial charge in [0.25, 0.3) is 0 Å². The number of hydrogen-bond acceptors (Lipinski definition) is 8. The summed E-state index contributed by atoms with van der Waals surface area (Å²) in [4.78, 5) is 8.38. The van der Waals surface area contributed by atoms with Crippen LogP contribution in [0, 0.1) is 11.6 Å².